The van der Waals surface area contributed by atoms with Crippen molar-refractivity contribution < 1.29 is 27.8 Å². The maximum absolute atomic E-state index is 13.8. The van der Waals surface area contributed by atoms with Crippen LogP contribution in [0, 0.1) is 0 Å². The number of hydrogen-bond acceptors (Lipinski definition) is 10. The Morgan fingerprint density at radius 3 is 2.67 bits per heavy atom. The number of piperidine rings is 1. The predicted octanol–water partition coefficient (Wildman–Crippen LogP) is 2.86. The fourth-order valence-corrected chi connectivity index (χ4v) is 8.56. The first-order valence-electron chi connectivity index (χ1n) is 15.7. The van der Waals surface area contributed by atoms with E-state index in [1.165, 1.54) is 16.6 Å². The van der Waals surface area contributed by atoms with Gasteiger partial charge < -0.3 is 19.9 Å². The summed E-state index contributed by atoms with van der Waals surface area (Å²) in [6.45, 7) is 1.17. The molecule has 5 heterocycles. The van der Waals surface area contributed by atoms with Crippen LogP contribution >= 0.6 is 0 Å². The van der Waals surface area contributed by atoms with Gasteiger partial charge in [-0.2, -0.15) is 9.29 Å². The number of hydrogen-bond donors (Lipinski definition) is 2. The summed E-state index contributed by atoms with van der Waals surface area (Å²) in [7, 11) is -3.76. The standard InChI is InChI=1S/C30H40N6O6S/c37-19-20-7-12-31-25(16-20)43(39,40)35-13-8-21(9-14-35)33-29-32-18-24-27(34-29)36(28(38)30(24)10-11-30)22-4-3-5-23(17-22)42-26-6-1-2-15-41-26/h7,12,16,18,21-23,26,37H,1-6,8-11,13-15,17,19H2,(H,32,33,34)/t22-,23-,26?/m1/s1. The summed E-state index contributed by atoms with van der Waals surface area (Å²) < 4.78 is 39.9. The molecule has 0 radical (unpaired) electrons. The zero-order valence-corrected chi connectivity index (χ0v) is 25.2. The molecule has 2 aromatic rings. The molecule has 13 heteroatoms. The van der Waals surface area contributed by atoms with Crippen molar-refractivity contribution >= 4 is 27.7 Å². The van der Waals surface area contributed by atoms with Gasteiger partial charge in [-0.15, -0.1) is 0 Å². The summed E-state index contributed by atoms with van der Waals surface area (Å²) in [6, 6.07) is 3.04. The van der Waals surface area contributed by atoms with Gasteiger partial charge in [-0.3, -0.25) is 9.69 Å². The second-order valence-corrected chi connectivity index (χ2v) is 14.4. The minimum absolute atomic E-state index is 0.00960. The van der Waals surface area contributed by atoms with Crippen LogP contribution in [0.5, 0.6) is 0 Å². The summed E-state index contributed by atoms with van der Waals surface area (Å²) in [5.41, 5.74) is 0.962. The van der Waals surface area contributed by atoms with Gasteiger partial charge >= 0.3 is 0 Å². The molecule has 2 saturated heterocycles. The average Bonchev–Trinajstić information content (AvgIpc) is 3.80. The molecule has 3 atom stereocenters. The first kappa shape index (κ1) is 29.0. The highest BCUT2D eigenvalue weighted by molar-refractivity contribution is 7.89. The van der Waals surface area contributed by atoms with E-state index in [4.69, 9.17) is 14.5 Å². The number of sulfonamides is 1. The number of pyridine rings is 1. The molecule has 2 N–H and O–H groups in total. The Hall–Kier alpha value is -2.71. The van der Waals surface area contributed by atoms with Crippen molar-refractivity contribution in [2.24, 2.45) is 0 Å². The lowest BCUT2D eigenvalue weighted by Gasteiger charge is -2.37. The zero-order valence-electron chi connectivity index (χ0n) is 24.4. The molecule has 1 amide bonds. The van der Waals surface area contributed by atoms with Gasteiger partial charge in [-0.05, 0) is 88.3 Å². The highest BCUT2D eigenvalue weighted by Gasteiger charge is 2.61. The van der Waals surface area contributed by atoms with Crippen LogP contribution < -0.4 is 10.2 Å². The molecule has 4 fully saturated rings. The van der Waals surface area contributed by atoms with Crippen molar-refractivity contribution in [3.63, 3.8) is 0 Å². The number of carbonyl (C=O) groups excluding carboxylic acids is 1. The van der Waals surface area contributed by atoms with E-state index >= 15 is 0 Å². The Bertz CT molecular complexity index is 1450. The SMILES string of the molecule is O=C1N([C@@H]2CCC[C@@H](OC3CCCCO3)C2)c2nc(NC3CCN(S(=O)(=O)c4cc(CO)ccn4)CC3)ncc2C12CC2. The Kier molecular flexibility index (Phi) is 7.87. The molecule has 3 aliphatic heterocycles. The smallest absolute Gasteiger partial charge is 0.260 e. The number of nitrogens with one attached hydrogen (secondary N) is 1. The monoisotopic (exact) mass is 612 g/mol. The Morgan fingerprint density at radius 1 is 1.09 bits per heavy atom. The van der Waals surface area contributed by atoms with Crippen molar-refractivity contribution in [3.05, 3.63) is 35.7 Å². The average molecular weight is 613 g/mol. The van der Waals surface area contributed by atoms with Crippen LogP contribution in [-0.4, -0.2) is 82.9 Å². The van der Waals surface area contributed by atoms with Crippen LogP contribution in [0.15, 0.2) is 29.6 Å². The lowest BCUT2D eigenvalue weighted by molar-refractivity contribution is -0.193. The molecular formula is C30H40N6O6S. The Balaban J connectivity index is 1.03. The third-order valence-electron chi connectivity index (χ3n) is 9.71. The largest absolute Gasteiger partial charge is 0.392 e. The highest BCUT2D eigenvalue weighted by Crippen LogP contribution is 2.57. The topological polar surface area (TPSA) is 147 Å². The fourth-order valence-electron chi connectivity index (χ4n) is 7.11. The second-order valence-electron chi connectivity index (χ2n) is 12.5. The van der Waals surface area contributed by atoms with E-state index in [1.807, 2.05) is 11.1 Å². The first-order chi connectivity index (χ1) is 20.9. The summed E-state index contributed by atoms with van der Waals surface area (Å²) in [5, 5.41) is 12.8. The Labute approximate surface area is 252 Å². The van der Waals surface area contributed by atoms with Gasteiger partial charge in [0.1, 0.15) is 5.82 Å². The first-order valence-corrected chi connectivity index (χ1v) is 17.1. The molecule has 1 unspecified atom stereocenters. The van der Waals surface area contributed by atoms with Crippen LogP contribution in [0.1, 0.15) is 81.8 Å². The minimum Gasteiger partial charge on any atom is -0.392 e. The number of aliphatic hydroxyl groups is 1. The number of aliphatic hydroxyl groups excluding tert-OH is 1. The van der Waals surface area contributed by atoms with Crippen molar-refractivity contribution in [2.75, 3.05) is 29.9 Å². The van der Waals surface area contributed by atoms with Gasteiger partial charge in [0.05, 0.1) is 18.1 Å². The van der Waals surface area contributed by atoms with Gasteiger partial charge in [0, 0.05) is 49.7 Å². The molecule has 2 aliphatic carbocycles. The molecule has 2 saturated carbocycles. The normalized spacial score (nSPS) is 27.8. The summed E-state index contributed by atoms with van der Waals surface area (Å²) in [4.78, 5) is 29.3. The van der Waals surface area contributed by atoms with E-state index in [2.05, 4.69) is 15.3 Å². The lowest BCUT2D eigenvalue weighted by atomic mass is 9.91. The number of anilines is 2. The quantitative estimate of drug-likeness (QED) is 0.456. The number of ether oxygens (including phenoxy) is 2. The molecule has 7 rings (SSSR count). The minimum atomic E-state index is -3.76. The number of aromatic nitrogens is 3. The molecule has 5 aliphatic rings. The Morgan fingerprint density at radius 2 is 1.93 bits per heavy atom. The van der Waals surface area contributed by atoms with Crippen LogP contribution in [0.3, 0.4) is 0 Å². The van der Waals surface area contributed by atoms with Crippen LogP contribution in [0.25, 0.3) is 0 Å². The van der Waals surface area contributed by atoms with Crippen molar-refractivity contribution in [2.45, 2.75) is 112 Å². The van der Waals surface area contributed by atoms with Crippen LogP contribution in [0.4, 0.5) is 11.8 Å². The van der Waals surface area contributed by atoms with E-state index in [1.54, 1.807) is 6.07 Å². The summed E-state index contributed by atoms with van der Waals surface area (Å²) in [5.74, 6) is 1.33. The van der Waals surface area contributed by atoms with Gasteiger partial charge in [0.2, 0.25) is 11.9 Å². The molecule has 2 aromatic heterocycles. The van der Waals surface area contributed by atoms with Gasteiger partial charge in [-0.25, -0.2) is 18.4 Å². The number of rotatable bonds is 8. The predicted molar refractivity (Wildman–Crippen MR) is 157 cm³/mol. The van der Waals surface area contributed by atoms with Crippen LogP contribution in [-0.2, 0) is 36.3 Å². The maximum atomic E-state index is 13.8. The number of amides is 1. The highest BCUT2D eigenvalue weighted by atomic mass is 32.2. The fraction of sp³-hybridized carbons (Fsp3) is 0.667. The van der Waals surface area contributed by atoms with E-state index < -0.39 is 15.4 Å². The second kappa shape index (κ2) is 11.7. The van der Waals surface area contributed by atoms with Crippen molar-refractivity contribution in [3.8, 4) is 0 Å². The summed E-state index contributed by atoms with van der Waals surface area (Å²) >= 11 is 0. The molecule has 0 aromatic carbocycles. The molecule has 0 bridgehead atoms. The van der Waals surface area contributed by atoms with E-state index in [0.717, 1.165) is 75.8 Å². The van der Waals surface area contributed by atoms with Gasteiger partial charge in [0.25, 0.3) is 10.0 Å². The van der Waals surface area contributed by atoms with Crippen LogP contribution in [0.2, 0.25) is 0 Å². The molecule has 1 spiro atoms. The van der Waals surface area contributed by atoms with Crippen molar-refractivity contribution in [1.82, 2.24) is 19.3 Å². The van der Waals surface area contributed by atoms with E-state index in [-0.39, 0.29) is 42.0 Å². The molecular weight excluding hydrogens is 572 g/mol. The number of nitrogens with zero attached hydrogens (tertiary/aromatic N) is 5. The van der Waals surface area contributed by atoms with Gasteiger partial charge in [-0.1, -0.05) is 0 Å². The molecule has 12 nitrogen and oxygen atoms in total. The number of carbonyl (C=O) groups is 1. The van der Waals surface area contributed by atoms with Gasteiger partial charge in [0.15, 0.2) is 11.3 Å². The number of fused-ring (bicyclic) bond motifs is 2. The maximum Gasteiger partial charge on any atom is 0.260 e. The third-order valence-corrected chi connectivity index (χ3v) is 11.5. The summed E-state index contributed by atoms with van der Waals surface area (Å²) in [6.07, 6.45) is 12.8. The zero-order chi connectivity index (χ0) is 29.6. The molecule has 43 heavy (non-hydrogen) atoms. The molecule has 232 valence electrons. The van der Waals surface area contributed by atoms with E-state index in [9.17, 15) is 18.3 Å². The van der Waals surface area contributed by atoms with E-state index in [0.29, 0.717) is 37.4 Å². The lowest BCUT2D eigenvalue weighted by Crippen LogP contribution is -2.45. The third kappa shape index (κ3) is 5.54. The van der Waals surface area contributed by atoms with Crippen molar-refractivity contribution in [1.29, 1.82) is 0 Å².